The molecule has 2 aromatic rings. The van der Waals surface area contributed by atoms with E-state index in [1.807, 2.05) is 12.1 Å². The smallest absolute Gasteiger partial charge is 0.310 e. The highest BCUT2D eigenvalue weighted by molar-refractivity contribution is 5.35. The van der Waals surface area contributed by atoms with Crippen LogP contribution in [0.1, 0.15) is 37.4 Å². The molecule has 1 heterocycles. The molecular weight excluding hydrogens is 279 g/mol. The number of nitrogens with zero attached hydrogens (tertiary/aromatic N) is 2. The molecule has 0 spiro atoms. The van der Waals surface area contributed by atoms with Gasteiger partial charge in [0, 0.05) is 12.2 Å². The molecule has 1 aromatic carbocycles. The summed E-state index contributed by atoms with van der Waals surface area (Å²) in [5, 5.41) is 7.12. The summed E-state index contributed by atoms with van der Waals surface area (Å²) in [6.07, 6.45) is -1.49. The molecule has 0 bridgehead atoms. The Hall–Kier alpha value is -1.82. The first kappa shape index (κ1) is 15.6. The summed E-state index contributed by atoms with van der Waals surface area (Å²) in [4.78, 5) is 0. The number of nitrogens with one attached hydrogen (secondary N) is 1. The van der Waals surface area contributed by atoms with Crippen LogP contribution in [0, 0.1) is 0 Å². The lowest BCUT2D eigenvalue weighted by Gasteiger charge is -2.14. The van der Waals surface area contributed by atoms with E-state index in [1.165, 1.54) is 4.68 Å². The molecule has 6 heteroatoms. The van der Waals surface area contributed by atoms with Gasteiger partial charge in [0.05, 0.1) is 17.4 Å². The summed E-state index contributed by atoms with van der Waals surface area (Å²) in [5.74, 6) is 0. The maximum absolute atomic E-state index is 12.5. The van der Waals surface area contributed by atoms with Crippen molar-refractivity contribution in [3.8, 4) is 5.69 Å². The van der Waals surface area contributed by atoms with Crippen LogP contribution in [0.25, 0.3) is 5.69 Å². The molecule has 1 N–H and O–H groups in total. The summed E-state index contributed by atoms with van der Waals surface area (Å²) < 4.78 is 38.9. The van der Waals surface area contributed by atoms with Gasteiger partial charge >= 0.3 is 6.18 Å². The van der Waals surface area contributed by atoms with Crippen molar-refractivity contribution in [2.24, 2.45) is 0 Å². The van der Waals surface area contributed by atoms with Crippen LogP contribution in [-0.4, -0.2) is 16.3 Å². The van der Waals surface area contributed by atoms with Crippen LogP contribution in [0.2, 0.25) is 0 Å². The largest absolute Gasteiger partial charge is 0.419 e. The van der Waals surface area contributed by atoms with E-state index in [0.717, 1.165) is 30.9 Å². The van der Waals surface area contributed by atoms with Crippen LogP contribution in [0.4, 0.5) is 13.2 Å². The van der Waals surface area contributed by atoms with Crippen LogP contribution in [0.3, 0.4) is 0 Å². The minimum absolute atomic E-state index is 0.211. The van der Waals surface area contributed by atoms with Gasteiger partial charge in [-0.25, -0.2) is 4.68 Å². The lowest BCUT2D eigenvalue weighted by molar-refractivity contribution is -0.137. The first-order valence-electron chi connectivity index (χ1n) is 6.87. The molecule has 0 aliphatic rings. The minimum atomic E-state index is -4.36. The third-order valence-corrected chi connectivity index (χ3v) is 3.27. The summed E-state index contributed by atoms with van der Waals surface area (Å²) in [7, 11) is 0. The van der Waals surface area contributed by atoms with Crippen molar-refractivity contribution in [3.05, 3.63) is 47.8 Å². The van der Waals surface area contributed by atoms with E-state index in [9.17, 15) is 13.2 Å². The second-order valence-corrected chi connectivity index (χ2v) is 4.94. The maximum Gasteiger partial charge on any atom is 0.419 e. The SMILES string of the molecule is CCCNC(C)c1ccc(-n2cc(C(F)(F)F)cn2)cc1. The number of rotatable bonds is 5. The molecule has 3 nitrogen and oxygen atoms in total. The minimum Gasteiger partial charge on any atom is -0.310 e. The lowest BCUT2D eigenvalue weighted by atomic mass is 10.1. The lowest BCUT2D eigenvalue weighted by Crippen LogP contribution is -2.19. The zero-order chi connectivity index (χ0) is 15.5. The highest BCUT2D eigenvalue weighted by Gasteiger charge is 2.32. The molecule has 21 heavy (non-hydrogen) atoms. The molecule has 0 radical (unpaired) electrons. The topological polar surface area (TPSA) is 29.9 Å². The fraction of sp³-hybridized carbons (Fsp3) is 0.400. The quantitative estimate of drug-likeness (QED) is 0.905. The predicted octanol–water partition coefficient (Wildman–Crippen LogP) is 3.95. The highest BCUT2D eigenvalue weighted by Crippen LogP contribution is 2.29. The van der Waals surface area contributed by atoms with Gasteiger partial charge < -0.3 is 5.32 Å². The maximum atomic E-state index is 12.5. The van der Waals surface area contributed by atoms with Crippen molar-refractivity contribution in [1.82, 2.24) is 15.1 Å². The van der Waals surface area contributed by atoms with Crippen LogP contribution >= 0.6 is 0 Å². The number of benzene rings is 1. The molecule has 1 atom stereocenters. The second kappa shape index (κ2) is 6.30. The van der Waals surface area contributed by atoms with Crippen molar-refractivity contribution in [3.63, 3.8) is 0 Å². The molecule has 1 aromatic heterocycles. The Morgan fingerprint density at radius 3 is 2.43 bits per heavy atom. The van der Waals surface area contributed by atoms with Gasteiger partial charge in [0.1, 0.15) is 0 Å². The first-order valence-corrected chi connectivity index (χ1v) is 6.87. The molecule has 1 unspecified atom stereocenters. The van der Waals surface area contributed by atoms with Crippen LogP contribution in [0.5, 0.6) is 0 Å². The molecule has 0 fully saturated rings. The summed E-state index contributed by atoms with van der Waals surface area (Å²) in [6.45, 7) is 5.08. The molecule has 0 saturated carbocycles. The number of aromatic nitrogens is 2. The Labute approximate surface area is 121 Å². The van der Waals surface area contributed by atoms with E-state index < -0.39 is 11.7 Å². The van der Waals surface area contributed by atoms with Crippen LogP contribution < -0.4 is 5.32 Å². The highest BCUT2D eigenvalue weighted by atomic mass is 19.4. The second-order valence-electron chi connectivity index (χ2n) is 4.94. The van der Waals surface area contributed by atoms with E-state index in [0.29, 0.717) is 5.69 Å². The molecule has 114 valence electrons. The fourth-order valence-corrected chi connectivity index (χ4v) is 2.00. The Morgan fingerprint density at radius 2 is 1.90 bits per heavy atom. The Bertz CT molecular complexity index is 573. The first-order chi connectivity index (χ1) is 9.91. The van der Waals surface area contributed by atoms with Gasteiger partial charge in [0.15, 0.2) is 0 Å². The van der Waals surface area contributed by atoms with Gasteiger partial charge in [0.25, 0.3) is 0 Å². The third kappa shape index (κ3) is 3.85. The summed E-state index contributed by atoms with van der Waals surface area (Å²) in [5.41, 5.74) is 0.955. The number of hydrogen-bond donors (Lipinski definition) is 1. The molecule has 2 rings (SSSR count). The summed E-state index contributed by atoms with van der Waals surface area (Å²) in [6, 6.07) is 7.55. The normalized spacial score (nSPS) is 13.4. The van der Waals surface area contributed by atoms with Crippen molar-refractivity contribution < 1.29 is 13.2 Å². The Kier molecular flexibility index (Phi) is 4.67. The predicted molar refractivity (Wildman–Crippen MR) is 75.3 cm³/mol. The van der Waals surface area contributed by atoms with Crippen molar-refractivity contribution in [2.75, 3.05) is 6.54 Å². The Balaban J connectivity index is 2.13. The van der Waals surface area contributed by atoms with E-state index in [2.05, 4.69) is 24.3 Å². The van der Waals surface area contributed by atoms with Gasteiger partial charge in [0.2, 0.25) is 0 Å². The van der Waals surface area contributed by atoms with Gasteiger partial charge in [-0.05, 0) is 37.6 Å². The van der Waals surface area contributed by atoms with Crippen molar-refractivity contribution in [2.45, 2.75) is 32.5 Å². The van der Waals surface area contributed by atoms with E-state index in [-0.39, 0.29) is 6.04 Å². The average Bonchev–Trinajstić information content (AvgIpc) is 2.95. The molecular formula is C15H18F3N3. The van der Waals surface area contributed by atoms with Gasteiger partial charge in [-0.15, -0.1) is 0 Å². The van der Waals surface area contributed by atoms with Gasteiger partial charge in [-0.2, -0.15) is 18.3 Å². The Morgan fingerprint density at radius 1 is 1.24 bits per heavy atom. The zero-order valence-electron chi connectivity index (χ0n) is 12.0. The molecule has 0 saturated heterocycles. The van der Waals surface area contributed by atoms with Crippen molar-refractivity contribution >= 4 is 0 Å². The summed E-state index contributed by atoms with van der Waals surface area (Å²) >= 11 is 0. The fourth-order valence-electron chi connectivity index (χ4n) is 2.00. The third-order valence-electron chi connectivity index (χ3n) is 3.27. The van der Waals surface area contributed by atoms with E-state index in [4.69, 9.17) is 0 Å². The zero-order valence-corrected chi connectivity index (χ0v) is 12.0. The number of halogens is 3. The van der Waals surface area contributed by atoms with Gasteiger partial charge in [-0.1, -0.05) is 19.1 Å². The van der Waals surface area contributed by atoms with Crippen LogP contribution in [-0.2, 0) is 6.18 Å². The van der Waals surface area contributed by atoms with E-state index in [1.54, 1.807) is 12.1 Å². The standard InChI is InChI=1S/C15H18F3N3/c1-3-8-19-11(2)12-4-6-14(7-5-12)21-10-13(9-20-21)15(16,17)18/h4-7,9-11,19H,3,8H2,1-2H3. The monoisotopic (exact) mass is 297 g/mol. The number of hydrogen-bond acceptors (Lipinski definition) is 2. The average molecular weight is 297 g/mol. The molecule has 0 aliphatic heterocycles. The molecule has 0 aliphatic carbocycles. The van der Waals surface area contributed by atoms with Crippen LogP contribution in [0.15, 0.2) is 36.7 Å². The van der Waals surface area contributed by atoms with Crippen molar-refractivity contribution in [1.29, 1.82) is 0 Å². The van der Waals surface area contributed by atoms with E-state index >= 15 is 0 Å². The van der Waals surface area contributed by atoms with Gasteiger partial charge in [-0.3, -0.25) is 0 Å². The molecule has 0 amide bonds. The number of alkyl halides is 3.